The second kappa shape index (κ2) is 1.39. The van der Waals surface area contributed by atoms with Crippen LogP contribution in [0.5, 0.6) is 0 Å². The van der Waals surface area contributed by atoms with E-state index in [-0.39, 0.29) is 0 Å². The van der Waals surface area contributed by atoms with Crippen LogP contribution in [0.15, 0.2) is 0 Å². The van der Waals surface area contributed by atoms with E-state index in [0.29, 0.717) is 10.8 Å². The van der Waals surface area contributed by atoms with E-state index < -0.39 is 0 Å². The van der Waals surface area contributed by atoms with E-state index >= 15 is 0 Å². The molecule has 0 aromatic rings. The first-order chi connectivity index (χ1) is 5.12. The molecule has 0 radical (unpaired) electrons. The Morgan fingerprint density at radius 3 is 2.18 bits per heavy atom. The molecule has 0 saturated heterocycles. The third-order valence-electron chi connectivity index (χ3n) is 5.14. The molecule has 2 atom stereocenters. The highest BCUT2D eigenvalue weighted by Gasteiger charge is 2.78. The molecule has 3 aliphatic rings. The summed E-state index contributed by atoms with van der Waals surface area (Å²) in [6.07, 6.45) is 2.88. The average molecular weight is 151 g/mol. The third kappa shape index (κ3) is 0.416. The highest BCUT2D eigenvalue weighted by atomic mass is 14.9. The first-order valence-electron chi connectivity index (χ1n) is 4.82. The van der Waals surface area contributed by atoms with Gasteiger partial charge in [0.25, 0.3) is 0 Å². The number of hydrogen-bond acceptors (Lipinski definition) is 1. The molecule has 11 heavy (non-hydrogen) atoms. The molecule has 3 fully saturated rings. The molecule has 0 spiro atoms. The molecule has 3 saturated carbocycles. The predicted octanol–water partition coefficient (Wildman–Crippen LogP) is 1.63. The van der Waals surface area contributed by atoms with Crippen LogP contribution in [0.1, 0.15) is 26.7 Å². The van der Waals surface area contributed by atoms with Gasteiger partial charge in [-0.25, -0.2) is 0 Å². The van der Waals surface area contributed by atoms with Crippen LogP contribution in [-0.2, 0) is 0 Å². The lowest BCUT2D eigenvalue weighted by atomic mass is 9.22. The van der Waals surface area contributed by atoms with E-state index in [2.05, 4.69) is 13.8 Å². The van der Waals surface area contributed by atoms with Gasteiger partial charge in [0.2, 0.25) is 0 Å². The smallest absolute Gasteiger partial charge is 0.00174 e. The van der Waals surface area contributed by atoms with Crippen molar-refractivity contribution in [2.24, 2.45) is 34.3 Å². The maximum absolute atomic E-state index is 5.78. The molecule has 2 unspecified atom stereocenters. The summed E-state index contributed by atoms with van der Waals surface area (Å²) in [5.41, 5.74) is 7.12. The van der Waals surface area contributed by atoms with Crippen LogP contribution in [-0.4, -0.2) is 6.54 Å². The summed E-state index contributed by atoms with van der Waals surface area (Å²) >= 11 is 0. The number of hydrogen-bond donors (Lipinski definition) is 1. The van der Waals surface area contributed by atoms with Crippen molar-refractivity contribution >= 4 is 0 Å². The van der Waals surface area contributed by atoms with E-state index in [1.807, 2.05) is 0 Å². The van der Waals surface area contributed by atoms with Crippen molar-refractivity contribution in [1.82, 2.24) is 0 Å². The predicted molar refractivity (Wildman–Crippen MR) is 45.0 cm³/mol. The van der Waals surface area contributed by atoms with Gasteiger partial charge in [0, 0.05) is 0 Å². The van der Waals surface area contributed by atoms with Crippen molar-refractivity contribution in [1.29, 1.82) is 0 Å². The Labute approximate surface area is 68.3 Å². The Morgan fingerprint density at radius 1 is 1.27 bits per heavy atom. The minimum atomic E-state index is 0.658. The highest BCUT2D eigenvalue weighted by molar-refractivity contribution is 5.26. The van der Waals surface area contributed by atoms with Crippen molar-refractivity contribution in [3.8, 4) is 0 Å². The molecule has 0 amide bonds. The Morgan fingerprint density at radius 2 is 1.82 bits per heavy atom. The first-order valence-corrected chi connectivity index (χ1v) is 4.82. The Balaban J connectivity index is 1.87. The van der Waals surface area contributed by atoms with Crippen molar-refractivity contribution in [2.45, 2.75) is 26.7 Å². The summed E-state index contributed by atoms with van der Waals surface area (Å²) in [7, 11) is 0. The molecule has 0 aromatic carbocycles. The quantitative estimate of drug-likeness (QED) is 0.605. The van der Waals surface area contributed by atoms with E-state index in [4.69, 9.17) is 5.73 Å². The third-order valence-corrected chi connectivity index (χ3v) is 5.14. The van der Waals surface area contributed by atoms with Gasteiger partial charge in [0.1, 0.15) is 0 Å². The largest absolute Gasteiger partial charge is 0.330 e. The molecule has 0 bridgehead atoms. The van der Waals surface area contributed by atoms with E-state index in [9.17, 15) is 0 Å². The van der Waals surface area contributed by atoms with Crippen molar-refractivity contribution in [2.75, 3.05) is 6.54 Å². The monoisotopic (exact) mass is 151 g/mol. The summed E-state index contributed by atoms with van der Waals surface area (Å²) in [5.74, 6) is 3.15. The van der Waals surface area contributed by atoms with Gasteiger partial charge in [0.05, 0.1) is 0 Å². The first kappa shape index (κ1) is 6.47. The van der Waals surface area contributed by atoms with Crippen molar-refractivity contribution in [3.05, 3.63) is 0 Å². The standard InChI is InChI=1S/C10H17N/c1-9(2)6-3-10(5-11)4-7(9)8(6)10/h6-8H,3-5,11H2,1-2H3. The summed E-state index contributed by atoms with van der Waals surface area (Å²) in [6.45, 7) is 5.84. The molecule has 2 N–H and O–H groups in total. The summed E-state index contributed by atoms with van der Waals surface area (Å²) < 4.78 is 0. The molecule has 0 aliphatic heterocycles. The Bertz CT molecular complexity index is 203. The van der Waals surface area contributed by atoms with E-state index in [0.717, 1.165) is 24.3 Å². The van der Waals surface area contributed by atoms with Gasteiger partial charge in [-0.1, -0.05) is 13.8 Å². The second-order valence-electron chi connectivity index (χ2n) is 5.53. The van der Waals surface area contributed by atoms with Gasteiger partial charge in [0.15, 0.2) is 0 Å². The van der Waals surface area contributed by atoms with Gasteiger partial charge in [-0.3, -0.25) is 0 Å². The fraction of sp³-hybridized carbons (Fsp3) is 1.00. The minimum absolute atomic E-state index is 0.658. The molecule has 0 aromatic heterocycles. The van der Waals surface area contributed by atoms with Crippen LogP contribution >= 0.6 is 0 Å². The van der Waals surface area contributed by atoms with Gasteiger partial charge in [-0.2, -0.15) is 0 Å². The maximum Gasteiger partial charge on any atom is -0.00174 e. The minimum Gasteiger partial charge on any atom is -0.330 e. The zero-order valence-corrected chi connectivity index (χ0v) is 7.43. The zero-order chi connectivity index (χ0) is 7.85. The highest BCUT2D eigenvalue weighted by Crippen LogP contribution is 2.83. The van der Waals surface area contributed by atoms with Crippen LogP contribution < -0.4 is 5.73 Å². The van der Waals surface area contributed by atoms with Crippen molar-refractivity contribution < 1.29 is 0 Å². The zero-order valence-electron chi connectivity index (χ0n) is 7.43. The normalized spacial score (nSPS) is 61.9. The number of nitrogens with two attached hydrogens (primary N) is 1. The van der Waals surface area contributed by atoms with Gasteiger partial charge >= 0.3 is 0 Å². The average Bonchev–Trinajstić information content (AvgIpc) is 1.93. The fourth-order valence-corrected chi connectivity index (χ4v) is 4.21. The lowest BCUT2D eigenvalue weighted by Crippen LogP contribution is -2.79. The van der Waals surface area contributed by atoms with Gasteiger partial charge in [-0.15, -0.1) is 0 Å². The molecular formula is C10H17N. The molecule has 0 heterocycles. The van der Waals surface area contributed by atoms with Crippen LogP contribution in [0.25, 0.3) is 0 Å². The van der Waals surface area contributed by atoms with Crippen LogP contribution in [0, 0.1) is 28.6 Å². The fourth-order valence-electron chi connectivity index (χ4n) is 4.21. The molecule has 3 aliphatic carbocycles. The van der Waals surface area contributed by atoms with Gasteiger partial charge in [-0.05, 0) is 48.0 Å². The topological polar surface area (TPSA) is 26.0 Å². The van der Waals surface area contributed by atoms with Crippen LogP contribution in [0.2, 0.25) is 0 Å². The van der Waals surface area contributed by atoms with Gasteiger partial charge < -0.3 is 5.73 Å². The molecule has 62 valence electrons. The van der Waals surface area contributed by atoms with Crippen LogP contribution in [0.4, 0.5) is 0 Å². The number of rotatable bonds is 1. The maximum atomic E-state index is 5.78. The molecule has 1 nitrogen and oxygen atoms in total. The lowest BCUT2D eigenvalue weighted by Gasteiger charge is -2.83. The van der Waals surface area contributed by atoms with E-state index in [1.54, 1.807) is 0 Å². The van der Waals surface area contributed by atoms with Crippen molar-refractivity contribution in [3.63, 3.8) is 0 Å². The summed E-state index contributed by atoms with van der Waals surface area (Å²) in [4.78, 5) is 0. The second-order valence-corrected chi connectivity index (χ2v) is 5.53. The molecule has 1 heteroatoms. The lowest BCUT2D eigenvalue weighted by molar-refractivity contribution is -0.345. The summed E-state index contributed by atoms with van der Waals surface area (Å²) in [5, 5.41) is 0. The summed E-state index contributed by atoms with van der Waals surface area (Å²) in [6, 6.07) is 0. The molecular weight excluding hydrogens is 134 g/mol. The van der Waals surface area contributed by atoms with Crippen LogP contribution in [0.3, 0.4) is 0 Å². The SMILES string of the molecule is CC1(C)C2CC3(CN)CC1C23. The Kier molecular flexibility index (Phi) is 0.820. The Hall–Kier alpha value is -0.0400. The molecule has 3 rings (SSSR count). The van der Waals surface area contributed by atoms with E-state index in [1.165, 1.54) is 12.8 Å².